The Bertz CT molecular complexity index is 1410. The molecule has 1 aromatic heterocycles. The molecule has 1 atom stereocenters. The van der Waals surface area contributed by atoms with E-state index in [0.717, 1.165) is 28.6 Å². The largest absolute Gasteiger partial charge is 0.497 e. The molecule has 0 aliphatic carbocycles. The minimum Gasteiger partial charge on any atom is -0.497 e. The first-order chi connectivity index (χ1) is 16.4. The molecule has 7 nitrogen and oxygen atoms in total. The lowest BCUT2D eigenvalue weighted by atomic mass is 10.1. The van der Waals surface area contributed by atoms with Gasteiger partial charge in [0.2, 0.25) is 0 Å². The number of carbonyl (C=O) groups is 1. The topological polar surface area (TPSA) is 94.3 Å². The van der Waals surface area contributed by atoms with Crippen LogP contribution in [0, 0.1) is 11.6 Å². The number of fused-ring (bicyclic) bond motifs is 1. The fraction of sp³-hybridized carbons (Fsp3) is 0.167. The molecule has 0 saturated carbocycles. The number of benzene rings is 3. The number of carboxylic acids is 1. The second-order valence-electron chi connectivity index (χ2n) is 7.39. The Morgan fingerprint density at radius 1 is 1.06 bits per heavy atom. The van der Waals surface area contributed by atoms with Crippen molar-refractivity contribution in [2.24, 2.45) is 0 Å². The predicted molar refractivity (Wildman–Crippen MR) is 124 cm³/mol. The summed E-state index contributed by atoms with van der Waals surface area (Å²) in [4.78, 5) is 25.3. The molecule has 4 rings (SSSR count). The Labute approximate surface area is 197 Å². The molecule has 34 heavy (non-hydrogen) atoms. The molecule has 0 bridgehead atoms. The average Bonchev–Trinajstić information content (AvgIpc) is 2.84. The number of nitrogens with zero attached hydrogens (tertiary/aromatic N) is 3. The van der Waals surface area contributed by atoms with E-state index >= 15 is 0 Å². The molecule has 0 radical (unpaired) electrons. The highest BCUT2D eigenvalue weighted by molar-refractivity contribution is 8.00. The van der Waals surface area contributed by atoms with Crippen molar-refractivity contribution < 1.29 is 23.4 Å². The molecule has 0 saturated heterocycles. The zero-order chi connectivity index (χ0) is 24.2. The predicted octanol–water partition coefficient (Wildman–Crippen LogP) is 4.38. The van der Waals surface area contributed by atoms with Gasteiger partial charge in [0.25, 0.3) is 5.56 Å². The fourth-order valence-electron chi connectivity index (χ4n) is 3.37. The highest BCUT2D eigenvalue weighted by Crippen LogP contribution is 2.29. The maximum atomic E-state index is 13.5. The van der Waals surface area contributed by atoms with Gasteiger partial charge in [-0.05, 0) is 60.0 Å². The van der Waals surface area contributed by atoms with Crippen LogP contribution in [-0.4, -0.2) is 38.4 Å². The van der Waals surface area contributed by atoms with Gasteiger partial charge in [-0.3, -0.25) is 9.59 Å². The molecule has 0 spiro atoms. The summed E-state index contributed by atoms with van der Waals surface area (Å²) < 4.78 is 32.9. The van der Waals surface area contributed by atoms with Crippen LogP contribution in [0.25, 0.3) is 22.0 Å². The molecular formula is C24H19F2N3O4S. The molecule has 0 amide bonds. The Kier molecular flexibility index (Phi) is 6.87. The summed E-state index contributed by atoms with van der Waals surface area (Å²) in [6.45, 7) is 0.0654. The van der Waals surface area contributed by atoms with Gasteiger partial charge in [0.1, 0.15) is 16.5 Å². The SMILES string of the molecule is COc1ccc2nnn(CCC(Sc3ccc(-c4ccc(F)c(F)c4)cc3)C(=O)O)c(=O)c2c1. The van der Waals surface area contributed by atoms with E-state index in [1.165, 1.54) is 13.2 Å². The van der Waals surface area contributed by atoms with Gasteiger partial charge in [-0.1, -0.05) is 23.4 Å². The molecule has 1 N–H and O–H groups in total. The maximum absolute atomic E-state index is 13.5. The summed E-state index contributed by atoms with van der Waals surface area (Å²) in [5, 5.41) is 17.1. The van der Waals surface area contributed by atoms with Gasteiger partial charge >= 0.3 is 5.97 Å². The molecule has 1 heterocycles. The zero-order valence-corrected chi connectivity index (χ0v) is 18.8. The van der Waals surface area contributed by atoms with Crippen molar-refractivity contribution in [2.75, 3.05) is 7.11 Å². The summed E-state index contributed by atoms with van der Waals surface area (Å²) in [7, 11) is 1.49. The molecule has 1 unspecified atom stereocenters. The van der Waals surface area contributed by atoms with Crippen molar-refractivity contribution in [1.82, 2.24) is 15.0 Å². The summed E-state index contributed by atoms with van der Waals surface area (Å²) in [6.07, 6.45) is 0.134. The lowest BCUT2D eigenvalue weighted by molar-refractivity contribution is -0.136. The van der Waals surface area contributed by atoms with Crippen molar-refractivity contribution in [3.05, 3.63) is 82.7 Å². The van der Waals surface area contributed by atoms with Crippen LogP contribution in [0.3, 0.4) is 0 Å². The lowest BCUT2D eigenvalue weighted by Crippen LogP contribution is -2.27. The third-order valence-electron chi connectivity index (χ3n) is 5.19. The van der Waals surface area contributed by atoms with Crippen molar-refractivity contribution in [2.45, 2.75) is 23.1 Å². The van der Waals surface area contributed by atoms with Gasteiger partial charge < -0.3 is 9.84 Å². The molecular weight excluding hydrogens is 464 g/mol. The molecule has 3 aromatic carbocycles. The molecule has 174 valence electrons. The van der Waals surface area contributed by atoms with Crippen LogP contribution in [0.15, 0.2) is 70.4 Å². The number of hydrogen-bond acceptors (Lipinski definition) is 6. The van der Waals surface area contributed by atoms with Crippen molar-refractivity contribution in [3.8, 4) is 16.9 Å². The standard InChI is InChI=1S/C24H19F2N3O4S/c1-33-16-5-9-21-18(13-16)23(30)29(28-27-21)11-10-22(24(31)32)34-17-6-2-14(3-7-17)15-4-8-19(25)20(26)12-15/h2-9,12-13,22H,10-11H2,1H3,(H,31,32). The van der Waals surface area contributed by atoms with E-state index in [-0.39, 0.29) is 18.5 Å². The van der Waals surface area contributed by atoms with Crippen LogP contribution in [-0.2, 0) is 11.3 Å². The van der Waals surface area contributed by atoms with E-state index < -0.39 is 22.9 Å². The molecule has 0 fully saturated rings. The monoisotopic (exact) mass is 483 g/mol. The molecule has 0 aliphatic rings. The van der Waals surface area contributed by atoms with Crippen LogP contribution in [0.4, 0.5) is 8.78 Å². The quantitative estimate of drug-likeness (QED) is 0.372. The number of rotatable bonds is 8. The van der Waals surface area contributed by atoms with E-state index in [1.54, 1.807) is 42.5 Å². The first-order valence-electron chi connectivity index (χ1n) is 10.2. The summed E-state index contributed by atoms with van der Waals surface area (Å²) in [6, 6.07) is 15.4. The maximum Gasteiger partial charge on any atom is 0.317 e. The summed E-state index contributed by atoms with van der Waals surface area (Å²) in [5.74, 6) is -2.38. The van der Waals surface area contributed by atoms with Gasteiger partial charge in [0.05, 0.1) is 12.5 Å². The molecule has 4 aromatic rings. The highest BCUT2D eigenvalue weighted by atomic mass is 32.2. The smallest absolute Gasteiger partial charge is 0.317 e. The first-order valence-corrected chi connectivity index (χ1v) is 11.1. The van der Waals surface area contributed by atoms with E-state index in [4.69, 9.17) is 4.74 Å². The Morgan fingerprint density at radius 3 is 2.47 bits per heavy atom. The Morgan fingerprint density at radius 2 is 1.79 bits per heavy atom. The van der Waals surface area contributed by atoms with Gasteiger partial charge in [-0.2, -0.15) is 0 Å². The number of aryl methyl sites for hydroxylation is 1. The summed E-state index contributed by atoms with van der Waals surface area (Å²) >= 11 is 1.12. The van der Waals surface area contributed by atoms with Gasteiger partial charge in [0.15, 0.2) is 11.6 Å². The first kappa shape index (κ1) is 23.4. The third kappa shape index (κ3) is 5.07. The van der Waals surface area contributed by atoms with Crippen LogP contribution in [0.1, 0.15) is 6.42 Å². The van der Waals surface area contributed by atoms with E-state index in [0.29, 0.717) is 32.7 Å². The highest BCUT2D eigenvalue weighted by Gasteiger charge is 2.20. The minimum atomic E-state index is -1.03. The van der Waals surface area contributed by atoms with Crippen LogP contribution >= 0.6 is 11.8 Å². The normalized spacial score (nSPS) is 12.0. The number of thioether (sulfide) groups is 1. The van der Waals surface area contributed by atoms with Gasteiger partial charge in [-0.25, -0.2) is 13.5 Å². The number of aromatic nitrogens is 3. The number of ether oxygens (including phenoxy) is 1. The van der Waals surface area contributed by atoms with E-state index in [1.807, 2.05) is 0 Å². The molecule has 10 heteroatoms. The van der Waals surface area contributed by atoms with Crippen LogP contribution in [0.5, 0.6) is 5.75 Å². The van der Waals surface area contributed by atoms with Crippen molar-refractivity contribution >= 4 is 28.6 Å². The second-order valence-corrected chi connectivity index (χ2v) is 8.66. The third-order valence-corrected chi connectivity index (χ3v) is 6.46. The van der Waals surface area contributed by atoms with Crippen molar-refractivity contribution in [3.63, 3.8) is 0 Å². The minimum absolute atomic E-state index is 0.0654. The second kappa shape index (κ2) is 10.0. The average molecular weight is 483 g/mol. The lowest BCUT2D eigenvalue weighted by Gasteiger charge is -2.13. The van der Waals surface area contributed by atoms with Crippen LogP contribution in [0.2, 0.25) is 0 Å². The zero-order valence-electron chi connectivity index (χ0n) is 17.9. The Hall–Kier alpha value is -3.79. The fourth-order valence-corrected chi connectivity index (χ4v) is 4.31. The van der Waals surface area contributed by atoms with Crippen LogP contribution < -0.4 is 10.3 Å². The number of halogens is 2. The van der Waals surface area contributed by atoms with Gasteiger partial charge in [-0.15, -0.1) is 16.9 Å². The number of aliphatic carboxylic acids is 1. The van der Waals surface area contributed by atoms with Crippen molar-refractivity contribution in [1.29, 1.82) is 0 Å². The number of hydrogen-bond donors (Lipinski definition) is 1. The number of carboxylic acid groups (broad SMARTS) is 1. The van der Waals surface area contributed by atoms with E-state index in [2.05, 4.69) is 10.3 Å². The van der Waals surface area contributed by atoms with E-state index in [9.17, 15) is 23.5 Å². The Balaban J connectivity index is 1.48. The molecule has 0 aliphatic heterocycles. The number of methoxy groups -OCH3 is 1. The van der Waals surface area contributed by atoms with Gasteiger partial charge in [0, 0.05) is 11.4 Å². The summed E-state index contributed by atoms with van der Waals surface area (Å²) in [5.41, 5.74) is 1.22.